The third-order valence-corrected chi connectivity index (χ3v) is 5.00. The molecule has 0 bridgehead atoms. The van der Waals surface area contributed by atoms with Gasteiger partial charge in [0.25, 0.3) is 0 Å². The van der Waals surface area contributed by atoms with E-state index in [4.69, 9.17) is 0 Å². The molecule has 1 aromatic heterocycles. The summed E-state index contributed by atoms with van der Waals surface area (Å²) in [5, 5.41) is 12.1. The van der Waals surface area contributed by atoms with Crippen LogP contribution in [-0.2, 0) is 4.79 Å². The summed E-state index contributed by atoms with van der Waals surface area (Å²) in [4.78, 5) is 14.2. The summed E-state index contributed by atoms with van der Waals surface area (Å²) in [6.45, 7) is 8.11. The third-order valence-electron chi connectivity index (χ3n) is 2.99. The lowest BCUT2D eigenvalue weighted by molar-refractivity contribution is -0.117. The molecule has 1 unspecified atom stereocenters. The summed E-state index contributed by atoms with van der Waals surface area (Å²) in [5.41, 5.74) is 0.827. The fourth-order valence-corrected chi connectivity index (χ4v) is 4.08. The molecular weight excluding hydrogens is 328 g/mol. The standard InChI is InChI=1S/C16H22N4OS2/c1-11(13(21)20(5)12-9-7-6-8-10-12)22-15-19-18-14(23-15)17-16(2,3)4/h6-11H,1-5H3,(H,17,18). The Morgan fingerprint density at radius 1 is 1.26 bits per heavy atom. The number of rotatable bonds is 5. The number of carbonyl (C=O) groups is 1. The molecule has 0 saturated heterocycles. The van der Waals surface area contributed by atoms with Gasteiger partial charge in [0.2, 0.25) is 11.0 Å². The van der Waals surface area contributed by atoms with Crippen molar-refractivity contribution in [3.8, 4) is 0 Å². The summed E-state index contributed by atoms with van der Waals surface area (Å²) in [5.74, 6) is 0.0433. The van der Waals surface area contributed by atoms with Gasteiger partial charge in [0, 0.05) is 18.3 Å². The minimum absolute atomic E-state index is 0.0433. The first-order valence-corrected chi connectivity index (χ1v) is 9.07. The number of nitrogens with zero attached hydrogens (tertiary/aromatic N) is 3. The van der Waals surface area contributed by atoms with Crippen molar-refractivity contribution < 1.29 is 4.79 Å². The summed E-state index contributed by atoms with van der Waals surface area (Å²) >= 11 is 2.91. The minimum atomic E-state index is -0.226. The highest BCUT2D eigenvalue weighted by atomic mass is 32.2. The number of aromatic nitrogens is 2. The van der Waals surface area contributed by atoms with Gasteiger partial charge < -0.3 is 10.2 Å². The van der Waals surface area contributed by atoms with E-state index in [1.165, 1.54) is 23.1 Å². The molecular formula is C16H22N4OS2. The molecule has 1 atom stereocenters. The molecule has 1 amide bonds. The molecule has 7 heteroatoms. The molecule has 0 fully saturated rings. The average Bonchev–Trinajstić information content (AvgIpc) is 2.91. The van der Waals surface area contributed by atoms with Crippen LogP contribution < -0.4 is 10.2 Å². The number of benzene rings is 1. The highest BCUT2D eigenvalue weighted by molar-refractivity contribution is 8.02. The number of amides is 1. The van der Waals surface area contributed by atoms with Gasteiger partial charge in [-0.3, -0.25) is 4.79 Å². The Bertz CT molecular complexity index is 652. The lowest BCUT2D eigenvalue weighted by atomic mass is 10.1. The largest absolute Gasteiger partial charge is 0.355 e. The molecule has 0 aliphatic heterocycles. The number of nitrogens with one attached hydrogen (secondary N) is 1. The first kappa shape index (κ1) is 17.7. The fourth-order valence-electron chi connectivity index (χ4n) is 1.88. The molecule has 0 radical (unpaired) electrons. The number of anilines is 2. The van der Waals surface area contributed by atoms with E-state index in [1.54, 1.807) is 11.9 Å². The van der Waals surface area contributed by atoms with E-state index in [9.17, 15) is 4.79 Å². The molecule has 124 valence electrons. The van der Waals surface area contributed by atoms with Crippen LogP contribution in [0.15, 0.2) is 34.7 Å². The van der Waals surface area contributed by atoms with Gasteiger partial charge in [0.15, 0.2) is 4.34 Å². The fraction of sp³-hybridized carbons (Fsp3) is 0.438. The summed E-state index contributed by atoms with van der Waals surface area (Å²) in [7, 11) is 1.79. The highest BCUT2D eigenvalue weighted by Crippen LogP contribution is 2.31. The van der Waals surface area contributed by atoms with E-state index in [0.29, 0.717) is 0 Å². The maximum atomic E-state index is 12.5. The van der Waals surface area contributed by atoms with Crippen LogP contribution in [0.1, 0.15) is 27.7 Å². The Hall–Kier alpha value is -1.60. The number of hydrogen-bond acceptors (Lipinski definition) is 6. The molecule has 1 N–H and O–H groups in total. The van der Waals surface area contributed by atoms with Gasteiger partial charge in [-0.05, 0) is 39.8 Å². The Balaban J connectivity index is 1.99. The van der Waals surface area contributed by atoms with Gasteiger partial charge in [-0.25, -0.2) is 0 Å². The summed E-state index contributed by atoms with van der Waals surface area (Å²) in [6.07, 6.45) is 0. The lowest BCUT2D eigenvalue weighted by Crippen LogP contribution is -2.33. The summed E-state index contributed by atoms with van der Waals surface area (Å²) < 4.78 is 0.791. The Morgan fingerprint density at radius 2 is 1.91 bits per heavy atom. The van der Waals surface area contributed by atoms with Crippen molar-refractivity contribution in [2.75, 3.05) is 17.3 Å². The van der Waals surface area contributed by atoms with Crippen molar-refractivity contribution in [2.24, 2.45) is 0 Å². The first-order chi connectivity index (χ1) is 10.8. The molecule has 23 heavy (non-hydrogen) atoms. The second kappa shape index (κ2) is 7.31. The second-order valence-electron chi connectivity index (χ2n) is 6.24. The highest BCUT2D eigenvalue weighted by Gasteiger charge is 2.22. The Kier molecular flexibility index (Phi) is 5.64. The second-order valence-corrected chi connectivity index (χ2v) is 8.81. The normalized spacial score (nSPS) is 12.7. The zero-order valence-electron chi connectivity index (χ0n) is 14.0. The van der Waals surface area contributed by atoms with E-state index in [2.05, 4.69) is 36.3 Å². The minimum Gasteiger partial charge on any atom is -0.355 e. The molecule has 1 heterocycles. The molecule has 1 aromatic carbocycles. The van der Waals surface area contributed by atoms with Crippen LogP contribution in [-0.4, -0.2) is 33.9 Å². The van der Waals surface area contributed by atoms with Crippen molar-refractivity contribution in [2.45, 2.75) is 42.8 Å². The van der Waals surface area contributed by atoms with Crippen LogP contribution in [0.25, 0.3) is 0 Å². The van der Waals surface area contributed by atoms with Gasteiger partial charge in [-0.2, -0.15) is 0 Å². The van der Waals surface area contributed by atoms with Crippen LogP contribution in [0, 0.1) is 0 Å². The van der Waals surface area contributed by atoms with Crippen molar-refractivity contribution in [3.05, 3.63) is 30.3 Å². The van der Waals surface area contributed by atoms with Gasteiger partial charge >= 0.3 is 0 Å². The van der Waals surface area contributed by atoms with E-state index in [0.717, 1.165) is 15.2 Å². The lowest BCUT2D eigenvalue weighted by Gasteiger charge is -2.20. The van der Waals surface area contributed by atoms with E-state index < -0.39 is 0 Å². The molecule has 0 saturated carbocycles. The van der Waals surface area contributed by atoms with Gasteiger partial charge in [-0.1, -0.05) is 41.3 Å². The SMILES string of the molecule is CC(Sc1nnc(NC(C)(C)C)s1)C(=O)N(C)c1ccccc1. The predicted octanol–water partition coefficient (Wildman–Crippen LogP) is 3.89. The summed E-state index contributed by atoms with van der Waals surface area (Å²) in [6, 6.07) is 9.63. The van der Waals surface area contributed by atoms with Gasteiger partial charge in [0.1, 0.15) is 0 Å². The van der Waals surface area contributed by atoms with Crippen molar-refractivity contribution in [1.82, 2.24) is 10.2 Å². The van der Waals surface area contributed by atoms with Crippen molar-refractivity contribution in [3.63, 3.8) is 0 Å². The zero-order valence-corrected chi connectivity index (χ0v) is 15.7. The van der Waals surface area contributed by atoms with Crippen LogP contribution in [0.3, 0.4) is 0 Å². The molecule has 2 aromatic rings. The first-order valence-electron chi connectivity index (χ1n) is 7.37. The number of carbonyl (C=O) groups excluding carboxylic acids is 1. The number of hydrogen-bond donors (Lipinski definition) is 1. The topological polar surface area (TPSA) is 58.1 Å². The maximum absolute atomic E-state index is 12.5. The zero-order chi connectivity index (χ0) is 17.0. The van der Waals surface area contributed by atoms with Crippen LogP contribution >= 0.6 is 23.1 Å². The van der Waals surface area contributed by atoms with E-state index in [1.807, 2.05) is 37.3 Å². The van der Waals surface area contributed by atoms with E-state index >= 15 is 0 Å². The monoisotopic (exact) mass is 350 g/mol. The number of thioether (sulfide) groups is 1. The molecule has 0 aliphatic rings. The Morgan fingerprint density at radius 3 is 2.52 bits per heavy atom. The molecule has 2 rings (SSSR count). The predicted molar refractivity (Wildman–Crippen MR) is 98.5 cm³/mol. The maximum Gasteiger partial charge on any atom is 0.240 e. The molecule has 0 spiro atoms. The average molecular weight is 351 g/mol. The quantitative estimate of drug-likeness (QED) is 0.829. The van der Waals surface area contributed by atoms with Crippen molar-refractivity contribution >= 4 is 39.8 Å². The third kappa shape index (κ3) is 5.21. The smallest absolute Gasteiger partial charge is 0.240 e. The number of para-hydroxylation sites is 1. The van der Waals surface area contributed by atoms with Crippen LogP contribution in [0.5, 0.6) is 0 Å². The molecule has 5 nitrogen and oxygen atoms in total. The molecule has 0 aliphatic carbocycles. The van der Waals surface area contributed by atoms with Crippen LogP contribution in [0.2, 0.25) is 0 Å². The van der Waals surface area contributed by atoms with Crippen molar-refractivity contribution in [1.29, 1.82) is 0 Å². The Labute approximate surface area is 145 Å². The van der Waals surface area contributed by atoms with E-state index in [-0.39, 0.29) is 16.7 Å². The van der Waals surface area contributed by atoms with Gasteiger partial charge in [0.05, 0.1) is 5.25 Å². The van der Waals surface area contributed by atoms with Crippen LogP contribution in [0.4, 0.5) is 10.8 Å². The van der Waals surface area contributed by atoms with Gasteiger partial charge in [-0.15, -0.1) is 10.2 Å².